The molecule has 0 spiro atoms. The summed E-state index contributed by atoms with van der Waals surface area (Å²) >= 11 is 0. The Morgan fingerprint density at radius 2 is 1.42 bits per heavy atom. The van der Waals surface area contributed by atoms with Gasteiger partial charge >= 0.3 is 6.09 Å². The largest absolute Gasteiger partial charge is 0.444 e. The minimum Gasteiger partial charge on any atom is -0.444 e. The third-order valence-corrected chi connectivity index (χ3v) is 7.41. The molecule has 10 nitrogen and oxygen atoms in total. The van der Waals surface area contributed by atoms with Gasteiger partial charge in [-0.25, -0.2) is 4.79 Å². The Balaban J connectivity index is 1.81. The minimum atomic E-state index is -0.933. The number of amides is 4. The van der Waals surface area contributed by atoms with E-state index < -0.39 is 41.8 Å². The molecule has 10 heteroatoms. The van der Waals surface area contributed by atoms with E-state index in [-0.39, 0.29) is 17.7 Å². The van der Waals surface area contributed by atoms with Gasteiger partial charge in [-0.15, -0.1) is 0 Å². The van der Waals surface area contributed by atoms with Gasteiger partial charge in [-0.1, -0.05) is 81.4 Å². The molecule has 1 saturated heterocycles. The first kappa shape index (κ1) is 33.6. The van der Waals surface area contributed by atoms with Gasteiger partial charge in [-0.05, 0) is 51.3 Å². The van der Waals surface area contributed by atoms with Crippen LogP contribution in [0.3, 0.4) is 0 Å². The van der Waals surface area contributed by atoms with Crippen LogP contribution in [0.5, 0.6) is 0 Å². The average Bonchev–Trinajstić information content (AvgIpc) is 2.97. The highest BCUT2D eigenvalue weighted by atomic mass is 16.6. The van der Waals surface area contributed by atoms with E-state index in [4.69, 9.17) is 4.74 Å². The van der Waals surface area contributed by atoms with Gasteiger partial charge in [0.25, 0.3) is 0 Å². The van der Waals surface area contributed by atoms with E-state index in [0.29, 0.717) is 19.6 Å². The number of benzene rings is 2. The van der Waals surface area contributed by atoms with Crippen LogP contribution in [0.2, 0.25) is 0 Å². The molecule has 0 aromatic heterocycles. The number of nitrogens with one attached hydrogen (secondary N) is 3. The maximum absolute atomic E-state index is 14.0. The highest BCUT2D eigenvalue weighted by molar-refractivity contribution is 5.94. The quantitative estimate of drug-likeness (QED) is 0.388. The summed E-state index contributed by atoms with van der Waals surface area (Å²) in [5, 5.41) is 8.54. The van der Waals surface area contributed by atoms with Crippen molar-refractivity contribution in [3.63, 3.8) is 0 Å². The van der Waals surface area contributed by atoms with Gasteiger partial charge in [0.1, 0.15) is 23.7 Å². The van der Waals surface area contributed by atoms with Crippen LogP contribution in [0, 0.1) is 5.92 Å². The predicted octanol–water partition coefficient (Wildman–Crippen LogP) is 3.48. The van der Waals surface area contributed by atoms with Gasteiger partial charge in [-0.3, -0.25) is 19.3 Å². The molecule has 4 amide bonds. The van der Waals surface area contributed by atoms with Crippen LogP contribution in [0.25, 0.3) is 0 Å². The first-order chi connectivity index (χ1) is 20.3. The minimum absolute atomic E-state index is 0.264. The van der Waals surface area contributed by atoms with Crippen LogP contribution < -0.4 is 16.0 Å². The fraction of sp³-hybridized carbons (Fsp3) is 0.515. The van der Waals surface area contributed by atoms with Crippen molar-refractivity contribution in [2.45, 2.75) is 78.2 Å². The standard InChI is InChI=1S/C33H47N5O5/c1-8-37-19-20-38(31(41)27(22(2)3)35-29(39)23(4)34-32(42)43-33(5,6)7)26(21-37)30(40)36-28(24-15-11-9-12-16-24)25-17-13-10-14-18-25/h9-18,22-23,26-28H,8,19-21H2,1-7H3,(H,34,42)(H,35,39)(H,36,40)/t23-,26-,27-/m0/s1. The Kier molecular flexibility index (Phi) is 11.7. The second-order valence-electron chi connectivity index (χ2n) is 12.3. The molecule has 0 unspecified atom stereocenters. The van der Waals surface area contributed by atoms with E-state index in [1.54, 1.807) is 25.7 Å². The van der Waals surface area contributed by atoms with Crippen molar-refractivity contribution in [3.05, 3.63) is 71.8 Å². The summed E-state index contributed by atoms with van der Waals surface area (Å²) < 4.78 is 5.26. The van der Waals surface area contributed by atoms with E-state index in [1.165, 1.54) is 6.92 Å². The number of nitrogens with zero attached hydrogens (tertiary/aromatic N) is 2. The highest BCUT2D eigenvalue weighted by Gasteiger charge is 2.40. The molecule has 0 aliphatic carbocycles. The molecule has 0 radical (unpaired) electrons. The fourth-order valence-electron chi connectivity index (χ4n) is 5.02. The summed E-state index contributed by atoms with van der Waals surface area (Å²) in [6.07, 6.45) is -0.721. The van der Waals surface area contributed by atoms with E-state index in [0.717, 1.165) is 17.7 Å². The molecule has 3 N–H and O–H groups in total. The van der Waals surface area contributed by atoms with Crippen molar-refractivity contribution in [2.24, 2.45) is 5.92 Å². The lowest BCUT2D eigenvalue weighted by molar-refractivity contribution is -0.147. The lowest BCUT2D eigenvalue weighted by Crippen LogP contribution is -2.65. The van der Waals surface area contributed by atoms with E-state index in [9.17, 15) is 19.2 Å². The molecular weight excluding hydrogens is 546 g/mol. The average molecular weight is 594 g/mol. The first-order valence-corrected chi connectivity index (χ1v) is 15.0. The molecule has 2 aromatic rings. The Bertz CT molecular complexity index is 1190. The SMILES string of the molecule is CCN1CCN(C(=O)[C@@H](NC(=O)[C@H](C)NC(=O)OC(C)(C)C)C(C)C)[C@H](C(=O)NC(c2ccccc2)c2ccccc2)C1. The van der Waals surface area contributed by atoms with E-state index >= 15 is 0 Å². The highest BCUT2D eigenvalue weighted by Crippen LogP contribution is 2.23. The van der Waals surface area contributed by atoms with Crippen LogP contribution in [0.4, 0.5) is 4.79 Å². The summed E-state index contributed by atoms with van der Waals surface area (Å²) in [6.45, 7) is 14.5. The van der Waals surface area contributed by atoms with Crippen molar-refractivity contribution >= 4 is 23.8 Å². The van der Waals surface area contributed by atoms with Crippen molar-refractivity contribution in [3.8, 4) is 0 Å². The topological polar surface area (TPSA) is 120 Å². The van der Waals surface area contributed by atoms with Gasteiger partial charge in [0.15, 0.2) is 0 Å². The zero-order chi connectivity index (χ0) is 31.7. The van der Waals surface area contributed by atoms with Gasteiger partial charge in [0, 0.05) is 19.6 Å². The molecule has 2 aromatic carbocycles. The summed E-state index contributed by atoms with van der Waals surface area (Å²) in [5.41, 5.74) is 1.15. The van der Waals surface area contributed by atoms with Crippen molar-refractivity contribution in [1.82, 2.24) is 25.8 Å². The molecular formula is C33H47N5O5. The normalized spacial score (nSPS) is 17.2. The third kappa shape index (κ3) is 9.54. The van der Waals surface area contributed by atoms with Gasteiger partial charge < -0.3 is 25.6 Å². The lowest BCUT2D eigenvalue weighted by Gasteiger charge is -2.42. The van der Waals surface area contributed by atoms with Crippen LogP contribution in [0.15, 0.2) is 60.7 Å². The smallest absolute Gasteiger partial charge is 0.408 e. The van der Waals surface area contributed by atoms with Crippen molar-refractivity contribution < 1.29 is 23.9 Å². The van der Waals surface area contributed by atoms with Gasteiger partial charge in [-0.2, -0.15) is 0 Å². The zero-order valence-electron chi connectivity index (χ0n) is 26.4. The molecule has 43 heavy (non-hydrogen) atoms. The number of likely N-dealkylation sites (N-methyl/N-ethyl adjacent to an activating group) is 1. The summed E-state index contributed by atoms with van der Waals surface area (Å²) in [5.74, 6) is -1.38. The number of alkyl carbamates (subject to hydrolysis) is 1. The number of carbonyl (C=O) groups is 4. The molecule has 0 bridgehead atoms. The fourth-order valence-corrected chi connectivity index (χ4v) is 5.02. The Labute approximate surface area is 255 Å². The second-order valence-corrected chi connectivity index (χ2v) is 12.3. The first-order valence-electron chi connectivity index (χ1n) is 15.0. The monoisotopic (exact) mass is 593 g/mol. The number of hydrogen-bond donors (Lipinski definition) is 3. The number of hydrogen-bond acceptors (Lipinski definition) is 6. The summed E-state index contributed by atoms with van der Waals surface area (Å²) in [4.78, 5) is 57.1. The molecule has 0 saturated carbocycles. The second kappa shape index (κ2) is 15.0. The van der Waals surface area contributed by atoms with Crippen LogP contribution in [0.1, 0.15) is 65.6 Å². The van der Waals surface area contributed by atoms with Crippen LogP contribution >= 0.6 is 0 Å². The number of carbonyl (C=O) groups excluding carboxylic acids is 4. The Hall–Kier alpha value is -3.92. The number of rotatable bonds is 10. The van der Waals surface area contributed by atoms with Crippen molar-refractivity contribution in [1.29, 1.82) is 0 Å². The molecule has 234 valence electrons. The van der Waals surface area contributed by atoms with Crippen LogP contribution in [-0.4, -0.2) is 83.5 Å². The Morgan fingerprint density at radius 3 is 1.91 bits per heavy atom. The summed E-state index contributed by atoms with van der Waals surface area (Å²) in [6, 6.07) is 16.5. The number of piperazine rings is 1. The molecule has 3 rings (SSSR count). The van der Waals surface area contributed by atoms with Gasteiger partial charge in [0.2, 0.25) is 17.7 Å². The molecule has 1 aliphatic heterocycles. The molecule has 1 fully saturated rings. The predicted molar refractivity (Wildman–Crippen MR) is 166 cm³/mol. The molecule has 1 heterocycles. The maximum atomic E-state index is 14.0. The maximum Gasteiger partial charge on any atom is 0.408 e. The van der Waals surface area contributed by atoms with E-state index in [1.807, 2.05) is 81.4 Å². The van der Waals surface area contributed by atoms with Crippen LogP contribution in [-0.2, 0) is 19.1 Å². The number of ether oxygens (including phenoxy) is 1. The van der Waals surface area contributed by atoms with E-state index in [2.05, 4.69) is 20.9 Å². The molecule has 3 atom stereocenters. The summed E-state index contributed by atoms with van der Waals surface area (Å²) in [7, 11) is 0. The Morgan fingerprint density at radius 1 is 0.860 bits per heavy atom. The zero-order valence-corrected chi connectivity index (χ0v) is 26.4. The lowest BCUT2D eigenvalue weighted by atomic mass is 9.97. The van der Waals surface area contributed by atoms with Crippen molar-refractivity contribution in [2.75, 3.05) is 26.2 Å². The third-order valence-electron chi connectivity index (χ3n) is 7.41. The van der Waals surface area contributed by atoms with Gasteiger partial charge in [0.05, 0.1) is 6.04 Å². The molecule has 1 aliphatic rings.